The molecule has 0 saturated carbocycles. The highest BCUT2D eigenvalue weighted by Gasteiger charge is 2.27. The molecule has 0 bridgehead atoms. The van der Waals surface area contributed by atoms with Gasteiger partial charge in [-0.1, -0.05) is 39.8 Å². The van der Waals surface area contributed by atoms with Crippen molar-refractivity contribution >= 4 is 11.7 Å². The minimum atomic E-state index is -0.546. The van der Waals surface area contributed by atoms with Crippen molar-refractivity contribution in [2.45, 2.75) is 34.6 Å². The number of hydrogen-bond donors (Lipinski definition) is 3. The topological polar surface area (TPSA) is 87.7 Å². The molecule has 0 unspecified atom stereocenters. The molecule has 0 heterocycles. The minimum absolute atomic E-state index is 0.0543. The third-order valence-electron chi connectivity index (χ3n) is 2.17. The number of nitrogens with one attached hydrogen (secondary N) is 1. The summed E-state index contributed by atoms with van der Waals surface area (Å²) in [6, 6.07) is 0. The SMILES string of the molecule is CC(C)(C)C(=O)NCC(C)(C)C(N)=NO. The summed E-state index contributed by atoms with van der Waals surface area (Å²) in [4.78, 5) is 11.6. The van der Waals surface area contributed by atoms with Crippen molar-refractivity contribution in [2.75, 3.05) is 6.54 Å². The first-order chi connectivity index (χ1) is 6.61. The van der Waals surface area contributed by atoms with Crippen LogP contribution in [0.4, 0.5) is 0 Å². The van der Waals surface area contributed by atoms with Gasteiger partial charge in [0.05, 0.1) is 0 Å². The fourth-order valence-corrected chi connectivity index (χ4v) is 0.792. The molecule has 4 N–H and O–H groups in total. The van der Waals surface area contributed by atoms with E-state index >= 15 is 0 Å². The maximum Gasteiger partial charge on any atom is 0.225 e. The van der Waals surface area contributed by atoms with Crippen molar-refractivity contribution < 1.29 is 10.0 Å². The van der Waals surface area contributed by atoms with Crippen LogP contribution in [0.2, 0.25) is 0 Å². The molecule has 0 saturated heterocycles. The van der Waals surface area contributed by atoms with Gasteiger partial charge in [0.1, 0.15) is 5.84 Å². The first kappa shape index (κ1) is 13.7. The average molecular weight is 215 g/mol. The largest absolute Gasteiger partial charge is 0.409 e. The van der Waals surface area contributed by atoms with Crippen molar-refractivity contribution in [3.8, 4) is 0 Å². The van der Waals surface area contributed by atoms with Crippen molar-refractivity contribution in [1.82, 2.24) is 5.32 Å². The molecule has 0 rings (SSSR count). The van der Waals surface area contributed by atoms with Gasteiger partial charge in [-0.05, 0) is 0 Å². The molecular weight excluding hydrogens is 194 g/mol. The van der Waals surface area contributed by atoms with Crippen LogP contribution >= 0.6 is 0 Å². The van der Waals surface area contributed by atoms with E-state index in [0.717, 1.165) is 0 Å². The molecule has 0 fully saturated rings. The first-order valence-electron chi connectivity index (χ1n) is 4.87. The number of amides is 1. The van der Waals surface area contributed by atoms with Gasteiger partial charge in [0.25, 0.3) is 0 Å². The normalized spacial score (nSPS) is 13.8. The third kappa shape index (κ3) is 4.18. The van der Waals surface area contributed by atoms with Crippen LogP contribution in [0.5, 0.6) is 0 Å². The quantitative estimate of drug-likeness (QED) is 0.283. The number of amidine groups is 1. The second-order valence-electron chi connectivity index (χ2n) is 5.30. The first-order valence-corrected chi connectivity index (χ1v) is 4.87. The maximum absolute atomic E-state index is 11.6. The van der Waals surface area contributed by atoms with Crippen LogP contribution in [0.1, 0.15) is 34.6 Å². The fourth-order valence-electron chi connectivity index (χ4n) is 0.792. The molecule has 0 spiro atoms. The number of carbonyl (C=O) groups excluding carboxylic acids is 1. The van der Waals surface area contributed by atoms with Crippen LogP contribution in [0.3, 0.4) is 0 Å². The highest BCUT2D eigenvalue weighted by molar-refractivity contribution is 5.87. The summed E-state index contributed by atoms with van der Waals surface area (Å²) in [5, 5.41) is 14.3. The lowest BCUT2D eigenvalue weighted by molar-refractivity contribution is -0.128. The van der Waals surface area contributed by atoms with E-state index in [9.17, 15) is 4.79 Å². The van der Waals surface area contributed by atoms with Gasteiger partial charge in [0.2, 0.25) is 5.91 Å². The molecule has 15 heavy (non-hydrogen) atoms. The van der Waals surface area contributed by atoms with Crippen molar-refractivity contribution in [1.29, 1.82) is 0 Å². The molecule has 0 aliphatic rings. The number of oxime groups is 1. The molecule has 0 radical (unpaired) electrons. The number of nitrogens with zero attached hydrogens (tertiary/aromatic N) is 1. The molecule has 0 aliphatic carbocycles. The van der Waals surface area contributed by atoms with E-state index in [4.69, 9.17) is 10.9 Å². The average Bonchev–Trinajstić information content (AvgIpc) is 2.11. The Balaban J connectivity index is 4.35. The Labute approximate surface area is 90.7 Å². The molecule has 5 nitrogen and oxygen atoms in total. The molecule has 88 valence electrons. The summed E-state index contributed by atoms with van der Waals surface area (Å²) in [6.07, 6.45) is 0. The zero-order valence-electron chi connectivity index (χ0n) is 10.1. The lowest BCUT2D eigenvalue weighted by Gasteiger charge is -2.26. The molecule has 0 aromatic heterocycles. The Morgan fingerprint density at radius 3 is 2.13 bits per heavy atom. The predicted octanol–water partition coefficient (Wildman–Crippen LogP) is 0.921. The summed E-state index contributed by atoms with van der Waals surface area (Å²) in [5.74, 6) is 0.0537. The summed E-state index contributed by atoms with van der Waals surface area (Å²) >= 11 is 0. The summed E-state index contributed by atoms with van der Waals surface area (Å²) in [6.45, 7) is 9.44. The standard InChI is InChI=1S/C10H21N3O2/c1-9(2,3)8(14)12-6-10(4,5)7(11)13-15/h15H,6H2,1-5H3,(H2,11,13)(H,12,14). The number of rotatable bonds is 3. The van der Waals surface area contributed by atoms with Crippen LogP contribution in [0.25, 0.3) is 0 Å². The van der Waals surface area contributed by atoms with Gasteiger partial charge in [0, 0.05) is 17.4 Å². The molecule has 0 aliphatic heterocycles. The fraction of sp³-hybridized carbons (Fsp3) is 0.800. The molecule has 0 atom stereocenters. The van der Waals surface area contributed by atoms with Crippen molar-refractivity contribution in [3.63, 3.8) is 0 Å². The number of hydrogen-bond acceptors (Lipinski definition) is 3. The second-order valence-corrected chi connectivity index (χ2v) is 5.30. The summed E-state index contributed by atoms with van der Waals surface area (Å²) in [5.41, 5.74) is 4.52. The highest BCUT2D eigenvalue weighted by atomic mass is 16.4. The zero-order valence-corrected chi connectivity index (χ0v) is 10.1. The van der Waals surface area contributed by atoms with E-state index in [0.29, 0.717) is 6.54 Å². The number of nitrogens with two attached hydrogens (primary N) is 1. The van der Waals surface area contributed by atoms with E-state index in [1.807, 2.05) is 20.8 Å². The van der Waals surface area contributed by atoms with Gasteiger partial charge in [-0.25, -0.2) is 0 Å². The Morgan fingerprint density at radius 2 is 1.80 bits per heavy atom. The molecule has 1 amide bonds. The van der Waals surface area contributed by atoms with Gasteiger partial charge in [-0.15, -0.1) is 0 Å². The van der Waals surface area contributed by atoms with E-state index in [1.54, 1.807) is 13.8 Å². The Bertz CT molecular complexity index is 264. The molecular formula is C10H21N3O2. The number of carbonyl (C=O) groups is 1. The smallest absolute Gasteiger partial charge is 0.225 e. The van der Waals surface area contributed by atoms with Gasteiger partial charge >= 0.3 is 0 Å². The molecule has 0 aromatic carbocycles. The van der Waals surface area contributed by atoms with Gasteiger partial charge < -0.3 is 16.3 Å². The Hall–Kier alpha value is -1.26. The van der Waals surface area contributed by atoms with Gasteiger partial charge in [0.15, 0.2) is 0 Å². The van der Waals surface area contributed by atoms with Crippen molar-refractivity contribution in [3.05, 3.63) is 0 Å². The van der Waals surface area contributed by atoms with Crippen LogP contribution in [0.15, 0.2) is 5.16 Å². The molecule has 0 aromatic rings. The lowest BCUT2D eigenvalue weighted by Crippen LogP contribution is -2.45. The van der Waals surface area contributed by atoms with Gasteiger partial charge in [-0.2, -0.15) is 0 Å². The lowest BCUT2D eigenvalue weighted by atomic mass is 9.90. The van der Waals surface area contributed by atoms with Crippen LogP contribution in [-0.4, -0.2) is 23.5 Å². The van der Waals surface area contributed by atoms with Crippen LogP contribution in [0, 0.1) is 10.8 Å². The monoisotopic (exact) mass is 215 g/mol. The Kier molecular flexibility index (Phi) is 4.13. The summed E-state index contributed by atoms with van der Waals surface area (Å²) < 4.78 is 0. The highest BCUT2D eigenvalue weighted by Crippen LogP contribution is 2.16. The molecule has 5 heteroatoms. The maximum atomic E-state index is 11.6. The third-order valence-corrected chi connectivity index (χ3v) is 2.17. The van der Waals surface area contributed by atoms with Crippen molar-refractivity contribution in [2.24, 2.45) is 21.7 Å². The van der Waals surface area contributed by atoms with E-state index in [2.05, 4.69) is 10.5 Å². The van der Waals surface area contributed by atoms with Crippen LogP contribution < -0.4 is 11.1 Å². The summed E-state index contributed by atoms with van der Waals surface area (Å²) in [7, 11) is 0. The second kappa shape index (κ2) is 4.51. The minimum Gasteiger partial charge on any atom is -0.409 e. The van der Waals surface area contributed by atoms with E-state index < -0.39 is 10.8 Å². The Morgan fingerprint density at radius 1 is 1.33 bits per heavy atom. The predicted molar refractivity (Wildman–Crippen MR) is 59.7 cm³/mol. The van der Waals surface area contributed by atoms with Crippen LogP contribution in [-0.2, 0) is 4.79 Å². The van der Waals surface area contributed by atoms with Gasteiger partial charge in [-0.3, -0.25) is 4.79 Å². The zero-order chi connectivity index (χ0) is 12.3. The van der Waals surface area contributed by atoms with E-state index in [1.165, 1.54) is 0 Å². The van der Waals surface area contributed by atoms with E-state index in [-0.39, 0.29) is 11.7 Å².